The first-order valence-electron chi connectivity index (χ1n) is 7.35. The van der Waals surface area contributed by atoms with Gasteiger partial charge in [-0.15, -0.1) is 0 Å². The van der Waals surface area contributed by atoms with Crippen LogP contribution in [-0.4, -0.2) is 24.0 Å². The molecule has 2 aromatic carbocycles. The van der Waals surface area contributed by atoms with Gasteiger partial charge in [0.05, 0.1) is 0 Å². The molecule has 118 valence electrons. The molecule has 1 saturated heterocycles. The average molecular weight is 313 g/mol. The molecule has 0 bridgehead atoms. The van der Waals surface area contributed by atoms with E-state index in [0.717, 1.165) is 5.56 Å². The summed E-state index contributed by atoms with van der Waals surface area (Å²) in [5.74, 6) is -0.696. The Balaban J connectivity index is 1.85. The summed E-state index contributed by atoms with van der Waals surface area (Å²) in [5, 5.41) is 2.62. The van der Waals surface area contributed by atoms with Crippen molar-refractivity contribution < 1.29 is 18.7 Å². The van der Waals surface area contributed by atoms with Crippen LogP contribution < -0.4 is 5.32 Å². The van der Waals surface area contributed by atoms with Crippen LogP contribution in [0, 0.1) is 5.82 Å². The van der Waals surface area contributed by atoms with E-state index < -0.39 is 17.4 Å². The molecule has 1 heterocycles. The summed E-state index contributed by atoms with van der Waals surface area (Å²) in [6.45, 7) is -0.0476. The number of ether oxygens (including phenoxy) is 1. The molecule has 1 aliphatic rings. The molecule has 5 heteroatoms. The maximum absolute atomic E-state index is 13.8. The van der Waals surface area contributed by atoms with Crippen molar-refractivity contribution in [2.45, 2.75) is 18.4 Å². The summed E-state index contributed by atoms with van der Waals surface area (Å²) in [6.07, 6.45) is -0.404. The van der Waals surface area contributed by atoms with Crippen LogP contribution in [0.1, 0.15) is 11.1 Å². The molecule has 1 aliphatic heterocycles. The number of hydrogen-bond acceptors (Lipinski definition) is 3. The van der Waals surface area contributed by atoms with Gasteiger partial charge in [0, 0.05) is 12.8 Å². The molecule has 2 aromatic rings. The number of carbonyl (C=O) groups excluding carboxylic acids is 2. The number of benzene rings is 2. The van der Waals surface area contributed by atoms with Crippen LogP contribution in [0.4, 0.5) is 9.18 Å². The van der Waals surface area contributed by atoms with Gasteiger partial charge in [0.25, 0.3) is 0 Å². The fraction of sp³-hybridized carbons (Fsp3) is 0.222. The summed E-state index contributed by atoms with van der Waals surface area (Å²) in [6, 6.07) is 15.5. The molecule has 1 N–H and O–H groups in total. The molecule has 0 unspecified atom stereocenters. The predicted molar refractivity (Wildman–Crippen MR) is 82.5 cm³/mol. The van der Waals surface area contributed by atoms with Crippen molar-refractivity contribution in [2.75, 3.05) is 6.61 Å². The third-order valence-corrected chi connectivity index (χ3v) is 3.98. The molecule has 0 aromatic heterocycles. The molecule has 0 saturated carbocycles. The topological polar surface area (TPSA) is 55.4 Å². The standard InChI is InChI=1S/C18H16FNO3/c19-15-9-5-4-8-14(15)10-16(21)18(12-23-17(22)20-18)11-13-6-2-1-3-7-13/h1-9H,10-12H2,(H,20,22)/t18-/m0/s1. The largest absolute Gasteiger partial charge is 0.447 e. The maximum atomic E-state index is 13.8. The lowest BCUT2D eigenvalue weighted by Gasteiger charge is -2.25. The number of rotatable bonds is 5. The van der Waals surface area contributed by atoms with Gasteiger partial charge in [-0.05, 0) is 17.2 Å². The Morgan fingerprint density at radius 3 is 2.48 bits per heavy atom. The number of hydrogen-bond donors (Lipinski definition) is 1. The zero-order valence-corrected chi connectivity index (χ0v) is 12.4. The van der Waals surface area contributed by atoms with Crippen LogP contribution in [-0.2, 0) is 22.4 Å². The van der Waals surface area contributed by atoms with E-state index in [9.17, 15) is 14.0 Å². The van der Waals surface area contributed by atoms with E-state index in [2.05, 4.69) is 5.32 Å². The molecular formula is C18H16FNO3. The van der Waals surface area contributed by atoms with Gasteiger partial charge in [-0.2, -0.15) is 0 Å². The van der Waals surface area contributed by atoms with Crippen molar-refractivity contribution in [1.29, 1.82) is 0 Å². The summed E-state index contributed by atoms with van der Waals surface area (Å²) >= 11 is 0. The van der Waals surface area contributed by atoms with Crippen molar-refractivity contribution in [3.63, 3.8) is 0 Å². The highest BCUT2D eigenvalue weighted by Gasteiger charge is 2.45. The monoisotopic (exact) mass is 313 g/mol. The molecule has 0 radical (unpaired) electrons. The second-order valence-electron chi connectivity index (χ2n) is 5.64. The molecule has 23 heavy (non-hydrogen) atoms. The number of ketones is 1. The van der Waals surface area contributed by atoms with E-state index in [4.69, 9.17) is 4.74 Å². The first-order chi connectivity index (χ1) is 11.1. The van der Waals surface area contributed by atoms with Gasteiger partial charge >= 0.3 is 6.09 Å². The van der Waals surface area contributed by atoms with E-state index >= 15 is 0 Å². The Morgan fingerprint density at radius 2 is 1.83 bits per heavy atom. The SMILES string of the molecule is O=C1N[C@](Cc2ccccc2)(C(=O)Cc2ccccc2F)CO1. The Kier molecular flexibility index (Phi) is 4.10. The van der Waals surface area contributed by atoms with Crippen LogP contribution in [0.25, 0.3) is 0 Å². The first-order valence-corrected chi connectivity index (χ1v) is 7.35. The highest BCUT2D eigenvalue weighted by atomic mass is 19.1. The normalized spacial score (nSPS) is 20.0. The molecule has 3 rings (SSSR count). The van der Waals surface area contributed by atoms with Crippen molar-refractivity contribution >= 4 is 11.9 Å². The number of halogens is 1. The van der Waals surface area contributed by atoms with Crippen LogP contribution in [0.5, 0.6) is 0 Å². The second kappa shape index (κ2) is 6.20. The van der Waals surface area contributed by atoms with Crippen molar-refractivity contribution in [2.24, 2.45) is 0 Å². The Labute approximate surface area is 133 Å². The van der Waals surface area contributed by atoms with Crippen molar-refractivity contribution in [1.82, 2.24) is 5.32 Å². The van der Waals surface area contributed by atoms with Gasteiger partial charge in [0.2, 0.25) is 0 Å². The van der Waals surface area contributed by atoms with Gasteiger partial charge < -0.3 is 10.1 Å². The summed E-state index contributed by atoms with van der Waals surface area (Å²) < 4.78 is 18.8. The number of cyclic esters (lactones) is 1. The number of nitrogens with one attached hydrogen (secondary N) is 1. The van der Waals surface area contributed by atoms with Crippen LogP contribution in [0.2, 0.25) is 0 Å². The molecule has 1 fully saturated rings. The van der Waals surface area contributed by atoms with E-state index in [0.29, 0.717) is 12.0 Å². The number of carbonyl (C=O) groups is 2. The molecule has 4 nitrogen and oxygen atoms in total. The Bertz CT molecular complexity index is 732. The summed E-state index contributed by atoms with van der Waals surface area (Å²) in [7, 11) is 0. The van der Waals surface area contributed by atoms with Gasteiger partial charge in [-0.1, -0.05) is 48.5 Å². The van der Waals surface area contributed by atoms with Gasteiger partial charge in [0.15, 0.2) is 5.78 Å². The maximum Gasteiger partial charge on any atom is 0.408 e. The minimum absolute atomic E-state index is 0.0476. The third-order valence-electron chi connectivity index (χ3n) is 3.98. The van der Waals surface area contributed by atoms with Crippen molar-refractivity contribution in [3.05, 3.63) is 71.5 Å². The summed E-state index contributed by atoms with van der Waals surface area (Å²) in [5.41, 5.74) is 0.0621. The van der Waals surface area contributed by atoms with Gasteiger partial charge in [0.1, 0.15) is 18.0 Å². The zero-order chi connectivity index (χ0) is 16.3. The van der Waals surface area contributed by atoms with E-state index in [1.54, 1.807) is 18.2 Å². The average Bonchev–Trinajstić information content (AvgIpc) is 2.93. The second-order valence-corrected chi connectivity index (χ2v) is 5.64. The lowest BCUT2D eigenvalue weighted by Crippen LogP contribution is -2.53. The fourth-order valence-corrected chi connectivity index (χ4v) is 2.73. The quantitative estimate of drug-likeness (QED) is 0.923. The predicted octanol–water partition coefficient (Wildman–Crippen LogP) is 2.66. The van der Waals surface area contributed by atoms with Crippen molar-refractivity contribution in [3.8, 4) is 0 Å². The Morgan fingerprint density at radius 1 is 1.13 bits per heavy atom. The van der Waals surface area contributed by atoms with Crippen LogP contribution >= 0.6 is 0 Å². The van der Waals surface area contributed by atoms with E-state index in [1.165, 1.54) is 6.07 Å². The molecule has 1 amide bonds. The number of amides is 1. The number of alkyl carbamates (subject to hydrolysis) is 1. The highest BCUT2D eigenvalue weighted by Crippen LogP contribution is 2.23. The Hall–Kier alpha value is -2.69. The minimum Gasteiger partial charge on any atom is -0.447 e. The van der Waals surface area contributed by atoms with Crippen LogP contribution in [0.3, 0.4) is 0 Å². The van der Waals surface area contributed by atoms with Gasteiger partial charge in [-0.3, -0.25) is 4.79 Å². The third kappa shape index (κ3) is 3.23. The minimum atomic E-state index is -1.15. The zero-order valence-electron chi connectivity index (χ0n) is 12.4. The number of Topliss-reactive ketones (excluding diaryl/α,β-unsaturated/α-hetero) is 1. The molecule has 0 spiro atoms. The first kappa shape index (κ1) is 15.2. The van der Waals surface area contributed by atoms with E-state index in [-0.39, 0.29) is 18.8 Å². The van der Waals surface area contributed by atoms with Gasteiger partial charge in [-0.25, -0.2) is 9.18 Å². The van der Waals surface area contributed by atoms with Crippen LogP contribution in [0.15, 0.2) is 54.6 Å². The molecule has 0 aliphatic carbocycles. The lowest BCUT2D eigenvalue weighted by atomic mass is 9.85. The van der Waals surface area contributed by atoms with E-state index in [1.807, 2.05) is 30.3 Å². The molecule has 1 atom stereocenters. The fourth-order valence-electron chi connectivity index (χ4n) is 2.73. The summed E-state index contributed by atoms with van der Waals surface area (Å²) in [4.78, 5) is 24.3. The molecular weight excluding hydrogens is 297 g/mol. The highest BCUT2D eigenvalue weighted by molar-refractivity contribution is 5.95. The lowest BCUT2D eigenvalue weighted by molar-refractivity contribution is -0.124. The smallest absolute Gasteiger partial charge is 0.408 e.